The predicted octanol–water partition coefficient (Wildman–Crippen LogP) is 4.40. The molecule has 1 aliphatic heterocycles. The number of carboxylic acid groups (broad SMARTS) is 1. The molecule has 1 aliphatic rings. The second-order valence-electron chi connectivity index (χ2n) is 7.65. The van der Waals surface area contributed by atoms with Crippen LogP contribution in [0.2, 0.25) is 5.02 Å². The van der Waals surface area contributed by atoms with Crippen LogP contribution in [0.1, 0.15) is 64.2 Å². The van der Waals surface area contributed by atoms with Gasteiger partial charge in [-0.05, 0) is 37.1 Å². The molecule has 1 aromatic rings. The summed E-state index contributed by atoms with van der Waals surface area (Å²) in [7, 11) is 0. The molecule has 0 spiro atoms. The van der Waals surface area contributed by atoms with Crippen molar-refractivity contribution in [3.05, 3.63) is 29.3 Å². The molecule has 1 heterocycles. The molecule has 0 saturated carbocycles. The van der Waals surface area contributed by atoms with Gasteiger partial charge in [-0.1, -0.05) is 50.1 Å². The van der Waals surface area contributed by atoms with Gasteiger partial charge in [-0.2, -0.15) is 0 Å². The molecule has 29 heavy (non-hydrogen) atoms. The summed E-state index contributed by atoms with van der Waals surface area (Å²) >= 11 is 5.89. The Bertz CT molecular complexity index is 678. The summed E-state index contributed by atoms with van der Waals surface area (Å²) in [6.07, 6.45) is 8.76. The van der Waals surface area contributed by atoms with E-state index in [1.54, 1.807) is 29.2 Å². The van der Waals surface area contributed by atoms with Gasteiger partial charge in [0, 0.05) is 36.6 Å². The van der Waals surface area contributed by atoms with Crippen molar-refractivity contribution in [2.45, 2.75) is 64.2 Å². The normalized spacial score (nSPS) is 16.2. The zero-order valence-corrected chi connectivity index (χ0v) is 17.6. The fraction of sp³-hybridized carbons (Fsp3) is 0.591. The number of nitrogens with one attached hydrogen (secondary N) is 1. The number of rotatable bonds is 13. The zero-order valence-electron chi connectivity index (χ0n) is 16.9. The van der Waals surface area contributed by atoms with Crippen LogP contribution in [-0.2, 0) is 14.4 Å². The van der Waals surface area contributed by atoms with Gasteiger partial charge in [0.2, 0.25) is 11.8 Å². The number of carbonyl (C=O) groups excluding carboxylic acids is 2. The Morgan fingerprint density at radius 1 is 1.00 bits per heavy atom. The van der Waals surface area contributed by atoms with Gasteiger partial charge in [0.05, 0.1) is 5.92 Å². The van der Waals surface area contributed by atoms with Crippen LogP contribution >= 0.6 is 11.6 Å². The first-order valence-electron chi connectivity index (χ1n) is 10.5. The van der Waals surface area contributed by atoms with E-state index >= 15 is 0 Å². The van der Waals surface area contributed by atoms with E-state index in [4.69, 9.17) is 16.7 Å². The van der Waals surface area contributed by atoms with Gasteiger partial charge < -0.3 is 15.3 Å². The van der Waals surface area contributed by atoms with Crippen LogP contribution in [0.4, 0.5) is 5.69 Å². The second-order valence-corrected chi connectivity index (χ2v) is 8.08. The van der Waals surface area contributed by atoms with Crippen LogP contribution < -0.4 is 10.2 Å². The number of carboxylic acids is 1. The summed E-state index contributed by atoms with van der Waals surface area (Å²) in [5.74, 6) is -1.10. The highest BCUT2D eigenvalue weighted by Crippen LogP contribution is 2.26. The zero-order chi connectivity index (χ0) is 21.1. The largest absolute Gasteiger partial charge is 0.481 e. The lowest BCUT2D eigenvalue weighted by atomic mass is 10.1. The molecule has 160 valence electrons. The molecule has 1 atom stereocenters. The Balaban J connectivity index is 1.53. The molecule has 0 aromatic heterocycles. The standard InChI is InChI=1S/C22H31ClN2O4/c23-18-10-12-19(13-11-18)25-16-17(15-20(25)26)22(29)24-14-8-6-4-2-1-3-5-7-9-21(27)28/h10-13,17H,1-9,14-16H2,(H,24,29)(H,27,28). The van der Waals surface area contributed by atoms with E-state index in [1.807, 2.05) is 0 Å². The number of amides is 2. The van der Waals surface area contributed by atoms with Gasteiger partial charge in [0.15, 0.2) is 0 Å². The fourth-order valence-corrected chi connectivity index (χ4v) is 3.70. The molecule has 1 saturated heterocycles. The first-order valence-corrected chi connectivity index (χ1v) is 10.9. The summed E-state index contributed by atoms with van der Waals surface area (Å²) in [6, 6.07) is 7.08. The lowest BCUT2D eigenvalue weighted by Crippen LogP contribution is -2.33. The number of unbranched alkanes of at least 4 members (excludes halogenated alkanes) is 7. The van der Waals surface area contributed by atoms with Gasteiger partial charge in [-0.25, -0.2) is 0 Å². The third-order valence-corrected chi connectivity index (χ3v) is 5.50. The lowest BCUT2D eigenvalue weighted by Gasteiger charge is -2.16. The molecular weight excluding hydrogens is 392 g/mol. The molecule has 0 bridgehead atoms. The van der Waals surface area contributed by atoms with Crippen LogP contribution in [0, 0.1) is 5.92 Å². The first-order chi connectivity index (χ1) is 14.0. The molecule has 1 fully saturated rings. The molecule has 7 heteroatoms. The van der Waals surface area contributed by atoms with Crippen molar-refractivity contribution in [3.63, 3.8) is 0 Å². The van der Waals surface area contributed by atoms with E-state index in [-0.39, 0.29) is 30.6 Å². The Kier molecular flexibility index (Phi) is 9.98. The van der Waals surface area contributed by atoms with Gasteiger partial charge in [0.1, 0.15) is 0 Å². The summed E-state index contributed by atoms with van der Waals surface area (Å²) in [5.41, 5.74) is 0.776. The molecule has 6 nitrogen and oxygen atoms in total. The number of benzene rings is 1. The average molecular weight is 423 g/mol. The maximum atomic E-state index is 12.4. The van der Waals surface area contributed by atoms with Gasteiger partial charge >= 0.3 is 5.97 Å². The number of aliphatic carboxylic acids is 1. The molecule has 0 radical (unpaired) electrons. The van der Waals surface area contributed by atoms with Crippen LogP contribution in [0.3, 0.4) is 0 Å². The minimum absolute atomic E-state index is 0.0316. The molecule has 0 aliphatic carbocycles. The minimum Gasteiger partial charge on any atom is -0.481 e. The first kappa shape index (κ1) is 23.2. The highest BCUT2D eigenvalue weighted by atomic mass is 35.5. The number of nitrogens with zero attached hydrogens (tertiary/aromatic N) is 1. The average Bonchev–Trinajstić information content (AvgIpc) is 3.08. The van der Waals surface area contributed by atoms with Crippen LogP contribution in [-0.4, -0.2) is 36.0 Å². The summed E-state index contributed by atoms with van der Waals surface area (Å²) < 4.78 is 0. The predicted molar refractivity (Wildman–Crippen MR) is 114 cm³/mol. The van der Waals surface area contributed by atoms with Crippen molar-refractivity contribution in [1.29, 1.82) is 0 Å². The minimum atomic E-state index is -0.716. The lowest BCUT2D eigenvalue weighted by molar-refractivity contribution is -0.137. The molecular formula is C22H31ClN2O4. The van der Waals surface area contributed by atoms with E-state index in [2.05, 4.69) is 5.32 Å². The quantitative estimate of drug-likeness (QED) is 0.461. The highest BCUT2D eigenvalue weighted by molar-refractivity contribution is 6.30. The van der Waals surface area contributed by atoms with Crippen molar-refractivity contribution in [2.75, 3.05) is 18.0 Å². The van der Waals surface area contributed by atoms with Gasteiger partial charge in [0.25, 0.3) is 0 Å². The number of halogens is 1. The van der Waals surface area contributed by atoms with Crippen molar-refractivity contribution < 1.29 is 19.5 Å². The summed E-state index contributed by atoms with van der Waals surface area (Å²) in [4.78, 5) is 36.7. The van der Waals surface area contributed by atoms with E-state index in [1.165, 1.54) is 0 Å². The van der Waals surface area contributed by atoms with Gasteiger partial charge in [-0.3, -0.25) is 14.4 Å². The maximum absolute atomic E-state index is 12.4. The summed E-state index contributed by atoms with van der Waals surface area (Å²) in [6.45, 7) is 1.05. The SMILES string of the molecule is O=C(O)CCCCCCCCCCNC(=O)C1CC(=O)N(c2ccc(Cl)cc2)C1. The maximum Gasteiger partial charge on any atom is 0.303 e. The van der Waals surface area contributed by atoms with Crippen molar-refractivity contribution in [1.82, 2.24) is 5.32 Å². The van der Waals surface area contributed by atoms with E-state index < -0.39 is 5.97 Å². The van der Waals surface area contributed by atoms with Crippen LogP contribution in [0.25, 0.3) is 0 Å². The molecule has 2 rings (SSSR count). The van der Waals surface area contributed by atoms with Crippen molar-refractivity contribution >= 4 is 35.1 Å². The smallest absolute Gasteiger partial charge is 0.303 e. The fourth-order valence-electron chi connectivity index (χ4n) is 3.57. The Labute approximate surface area is 177 Å². The molecule has 2 N–H and O–H groups in total. The van der Waals surface area contributed by atoms with E-state index in [0.29, 0.717) is 18.1 Å². The van der Waals surface area contributed by atoms with Crippen molar-refractivity contribution in [3.8, 4) is 0 Å². The van der Waals surface area contributed by atoms with Crippen LogP contribution in [0.15, 0.2) is 24.3 Å². The Morgan fingerprint density at radius 3 is 2.21 bits per heavy atom. The summed E-state index contributed by atoms with van der Waals surface area (Å²) in [5, 5.41) is 12.2. The monoisotopic (exact) mass is 422 g/mol. The number of carbonyl (C=O) groups is 3. The number of hydrogen-bond acceptors (Lipinski definition) is 3. The van der Waals surface area contributed by atoms with Crippen LogP contribution in [0.5, 0.6) is 0 Å². The molecule has 2 amide bonds. The van der Waals surface area contributed by atoms with Gasteiger partial charge in [-0.15, -0.1) is 0 Å². The Hall–Kier alpha value is -2.08. The molecule has 1 unspecified atom stereocenters. The third kappa shape index (κ3) is 8.44. The van der Waals surface area contributed by atoms with E-state index in [9.17, 15) is 14.4 Å². The highest BCUT2D eigenvalue weighted by Gasteiger charge is 2.34. The number of hydrogen-bond donors (Lipinski definition) is 2. The molecule has 1 aromatic carbocycles. The third-order valence-electron chi connectivity index (χ3n) is 5.25. The van der Waals surface area contributed by atoms with E-state index in [0.717, 1.165) is 57.1 Å². The number of anilines is 1. The topological polar surface area (TPSA) is 86.7 Å². The Morgan fingerprint density at radius 2 is 1.59 bits per heavy atom. The van der Waals surface area contributed by atoms with Crippen molar-refractivity contribution in [2.24, 2.45) is 5.92 Å². The second kappa shape index (κ2) is 12.5.